The molecule has 0 radical (unpaired) electrons. The van der Waals surface area contributed by atoms with Gasteiger partial charge in [-0.3, -0.25) is 4.79 Å². The maximum atomic E-state index is 12.2. The first-order valence-electron chi connectivity index (χ1n) is 5.52. The van der Waals surface area contributed by atoms with Gasteiger partial charge in [0, 0.05) is 23.3 Å². The second-order valence-corrected chi connectivity index (χ2v) is 7.47. The first-order valence-corrected chi connectivity index (χ1v) is 8.13. The Morgan fingerprint density at radius 2 is 2.22 bits per heavy atom. The van der Waals surface area contributed by atoms with Gasteiger partial charge in [0.15, 0.2) is 9.84 Å². The van der Waals surface area contributed by atoms with Crippen LogP contribution < -0.4 is 0 Å². The van der Waals surface area contributed by atoms with Crippen LogP contribution in [0.3, 0.4) is 0 Å². The van der Waals surface area contributed by atoms with Gasteiger partial charge in [-0.1, -0.05) is 0 Å². The second-order valence-electron chi connectivity index (χ2n) is 4.32. The fraction of sp³-hybridized carbons (Fsp3) is 0.455. The largest absolute Gasteiger partial charge is 0.333 e. The van der Waals surface area contributed by atoms with Crippen molar-refractivity contribution in [3.63, 3.8) is 0 Å². The van der Waals surface area contributed by atoms with Gasteiger partial charge >= 0.3 is 0 Å². The van der Waals surface area contributed by atoms with Crippen molar-refractivity contribution in [2.45, 2.75) is 13.0 Å². The van der Waals surface area contributed by atoms with Gasteiger partial charge in [-0.25, -0.2) is 13.4 Å². The summed E-state index contributed by atoms with van der Waals surface area (Å²) in [5, 5.41) is 0. The molecule has 18 heavy (non-hydrogen) atoms. The lowest BCUT2D eigenvalue weighted by atomic mass is 10.2. The summed E-state index contributed by atoms with van der Waals surface area (Å²) in [5.41, 5.74) is 0.337. The molecule has 1 aromatic rings. The molecule has 5 nitrogen and oxygen atoms in total. The van der Waals surface area contributed by atoms with Crippen LogP contribution in [0.4, 0.5) is 0 Å². The van der Waals surface area contributed by atoms with Gasteiger partial charge in [-0.05, 0) is 35.0 Å². The van der Waals surface area contributed by atoms with Crippen LogP contribution in [-0.2, 0) is 9.84 Å². The average Bonchev–Trinajstić information content (AvgIpc) is 2.28. The standard InChI is InChI=1S/C11H13BrN2O3S/c1-8-7-18(16,17)5-4-14(8)11(15)10-3-2-9(12)6-13-10/h2-3,6,8H,4-5,7H2,1H3. The minimum atomic E-state index is -3.01. The minimum absolute atomic E-state index is 0.0231. The van der Waals surface area contributed by atoms with Crippen molar-refractivity contribution in [2.24, 2.45) is 0 Å². The quantitative estimate of drug-likeness (QED) is 0.772. The number of carbonyl (C=O) groups excluding carboxylic acids is 1. The van der Waals surface area contributed by atoms with Gasteiger partial charge in [0.2, 0.25) is 0 Å². The van der Waals surface area contributed by atoms with E-state index in [0.717, 1.165) is 4.47 Å². The lowest BCUT2D eigenvalue weighted by Crippen LogP contribution is -2.49. The highest BCUT2D eigenvalue weighted by molar-refractivity contribution is 9.10. The molecule has 0 aliphatic carbocycles. The van der Waals surface area contributed by atoms with E-state index in [9.17, 15) is 13.2 Å². The fourth-order valence-corrected chi connectivity index (χ4v) is 3.74. The topological polar surface area (TPSA) is 67.3 Å². The molecular weight excluding hydrogens is 320 g/mol. The molecule has 2 rings (SSSR count). The van der Waals surface area contributed by atoms with Crippen molar-refractivity contribution in [3.8, 4) is 0 Å². The smallest absolute Gasteiger partial charge is 0.272 e. The number of hydrogen-bond acceptors (Lipinski definition) is 4. The van der Waals surface area contributed by atoms with Gasteiger partial charge < -0.3 is 4.90 Å². The van der Waals surface area contributed by atoms with Crippen LogP contribution in [-0.4, -0.2) is 48.3 Å². The molecule has 1 aliphatic heterocycles. The van der Waals surface area contributed by atoms with Gasteiger partial charge in [0.1, 0.15) is 5.69 Å². The highest BCUT2D eigenvalue weighted by Crippen LogP contribution is 2.15. The van der Waals surface area contributed by atoms with Crippen LogP contribution in [0.2, 0.25) is 0 Å². The van der Waals surface area contributed by atoms with Gasteiger partial charge in [0.25, 0.3) is 5.91 Å². The number of carbonyl (C=O) groups is 1. The predicted octanol–water partition coefficient (Wildman–Crippen LogP) is 1.10. The summed E-state index contributed by atoms with van der Waals surface area (Å²) in [5.74, 6) is -0.167. The van der Waals surface area contributed by atoms with Crippen LogP contribution in [0.1, 0.15) is 17.4 Å². The van der Waals surface area contributed by atoms with E-state index in [1.807, 2.05) is 0 Å². The summed E-state index contributed by atoms with van der Waals surface area (Å²) >= 11 is 3.25. The van der Waals surface area contributed by atoms with E-state index in [-0.39, 0.29) is 30.0 Å². The third-order valence-electron chi connectivity index (χ3n) is 2.88. The number of nitrogens with zero attached hydrogens (tertiary/aromatic N) is 2. The van der Waals surface area contributed by atoms with Crippen molar-refractivity contribution >= 4 is 31.7 Å². The zero-order chi connectivity index (χ0) is 13.3. The van der Waals surface area contributed by atoms with E-state index in [0.29, 0.717) is 5.69 Å². The van der Waals surface area contributed by atoms with Crippen LogP contribution in [0.25, 0.3) is 0 Å². The van der Waals surface area contributed by atoms with E-state index in [1.54, 1.807) is 30.2 Å². The van der Waals surface area contributed by atoms with Crippen LogP contribution >= 0.6 is 15.9 Å². The number of amides is 1. The average molecular weight is 333 g/mol. The van der Waals surface area contributed by atoms with E-state index in [4.69, 9.17) is 0 Å². The van der Waals surface area contributed by atoms with Gasteiger partial charge in [-0.15, -0.1) is 0 Å². The lowest BCUT2D eigenvalue weighted by molar-refractivity contribution is 0.0706. The SMILES string of the molecule is CC1CS(=O)(=O)CCN1C(=O)c1ccc(Br)cn1. The maximum absolute atomic E-state index is 12.2. The van der Waals surface area contributed by atoms with Crippen LogP contribution in [0, 0.1) is 0 Å². The van der Waals surface area contributed by atoms with Crippen molar-refractivity contribution < 1.29 is 13.2 Å². The first-order chi connectivity index (χ1) is 8.39. The summed E-state index contributed by atoms with van der Waals surface area (Å²) in [6, 6.07) is 3.06. The lowest BCUT2D eigenvalue weighted by Gasteiger charge is -2.32. The van der Waals surface area contributed by atoms with E-state index >= 15 is 0 Å². The summed E-state index contributed by atoms with van der Waals surface area (Å²) in [4.78, 5) is 17.8. The van der Waals surface area contributed by atoms with E-state index < -0.39 is 9.84 Å². The number of sulfone groups is 1. The molecule has 1 saturated heterocycles. The molecule has 1 fully saturated rings. The molecule has 1 atom stereocenters. The van der Waals surface area contributed by atoms with Crippen LogP contribution in [0.5, 0.6) is 0 Å². The fourth-order valence-electron chi connectivity index (χ4n) is 1.95. The Hall–Kier alpha value is -0.950. The Bertz CT molecular complexity index is 556. The van der Waals surface area contributed by atoms with E-state index in [1.165, 1.54) is 0 Å². The highest BCUT2D eigenvalue weighted by atomic mass is 79.9. The van der Waals surface area contributed by atoms with E-state index in [2.05, 4.69) is 20.9 Å². The highest BCUT2D eigenvalue weighted by Gasteiger charge is 2.32. The summed E-state index contributed by atoms with van der Waals surface area (Å²) in [7, 11) is -3.01. The Balaban J connectivity index is 2.17. The summed E-state index contributed by atoms with van der Waals surface area (Å²) in [6.45, 7) is 1.98. The van der Waals surface area contributed by atoms with Gasteiger partial charge in [0.05, 0.1) is 11.5 Å². The Kier molecular flexibility index (Phi) is 3.72. The summed E-state index contributed by atoms with van der Waals surface area (Å²) < 4.78 is 23.7. The molecule has 0 spiro atoms. The van der Waals surface area contributed by atoms with Crippen molar-refractivity contribution in [1.82, 2.24) is 9.88 Å². The Morgan fingerprint density at radius 3 is 2.78 bits per heavy atom. The summed E-state index contributed by atoms with van der Waals surface area (Å²) in [6.07, 6.45) is 1.55. The molecule has 98 valence electrons. The molecule has 7 heteroatoms. The monoisotopic (exact) mass is 332 g/mol. The van der Waals surface area contributed by atoms with Crippen LogP contribution in [0.15, 0.2) is 22.8 Å². The molecule has 1 aliphatic rings. The number of hydrogen-bond donors (Lipinski definition) is 0. The predicted molar refractivity (Wildman–Crippen MR) is 71.1 cm³/mol. The molecule has 1 amide bonds. The third-order valence-corrected chi connectivity index (χ3v) is 5.14. The van der Waals surface area contributed by atoms with Crippen molar-refractivity contribution in [1.29, 1.82) is 0 Å². The molecule has 2 heterocycles. The van der Waals surface area contributed by atoms with Crippen molar-refractivity contribution in [2.75, 3.05) is 18.1 Å². The molecule has 0 N–H and O–H groups in total. The van der Waals surface area contributed by atoms with Crippen molar-refractivity contribution in [3.05, 3.63) is 28.5 Å². The maximum Gasteiger partial charge on any atom is 0.272 e. The molecule has 1 aromatic heterocycles. The molecule has 0 saturated carbocycles. The number of pyridine rings is 1. The number of halogens is 1. The Morgan fingerprint density at radius 1 is 1.50 bits per heavy atom. The molecule has 0 aromatic carbocycles. The van der Waals surface area contributed by atoms with Gasteiger partial charge in [-0.2, -0.15) is 0 Å². The third kappa shape index (κ3) is 2.89. The molecular formula is C11H13BrN2O3S. The number of aromatic nitrogens is 1. The normalized spacial score (nSPS) is 22.8. The Labute approximate surface area is 114 Å². The second kappa shape index (κ2) is 4.97. The number of rotatable bonds is 1. The zero-order valence-electron chi connectivity index (χ0n) is 9.84. The minimum Gasteiger partial charge on any atom is -0.333 e. The first kappa shape index (κ1) is 13.5. The molecule has 0 bridgehead atoms. The zero-order valence-corrected chi connectivity index (χ0v) is 12.2. The molecule has 1 unspecified atom stereocenters.